The fourth-order valence-corrected chi connectivity index (χ4v) is 2.56. The van der Waals surface area contributed by atoms with Crippen LogP contribution in [0.3, 0.4) is 0 Å². The Labute approximate surface area is 158 Å². The third kappa shape index (κ3) is 6.48. The summed E-state index contributed by atoms with van der Waals surface area (Å²) in [5.74, 6) is 1.48. The second kappa shape index (κ2) is 9.54. The van der Waals surface area contributed by atoms with E-state index in [1.807, 2.05) is 37.3 Å². The lowest BCUT2D eigenvalue weighted by atomic mass is 10.1. The van der Waals surface area contributed by atoms with Crippen molar-refractivity contribution in [1.82, 2.24) is 5.32 Å². The summed E-state index contributed by atoms with van der Waals surface area (Å²) in [5, 5.41) is 3.94. The summed E-state index contributed by atoms with van der Waals surface area (Å²) >= 11 is 11.9. The zero-order valence-corrected chi connectivity index (χ0v) is 15.7. The molecule has 0 spiro atoms. The molecule has 2 rings (SSSR count). The lowest BCUT2D eigenvalue weighted by molar-refractivity contribution is -0.121. The molecule has 4 nitrogen and oxygen atoms in total. The Kier molecular flexibility index (Phi) is 7.41. The molecule has 0 saturated heterocycles. The fourth-order valence-electron chi connectivity index (χ4n) is 2.23. The van der Waals surface area contributed by atoms with Gasteiger partial charge >= 0.3 is 0 Å². The molecular weight excluding hydrogens is 361 g/mol. The van der Waals surface area contributed by atoms with Gasteiger partial charge in [-0.05, 0) is 55.3 Å². The number of hydrogen-bond acceptors (Lipinski definition) is 3. The van der Waals surface area contributed by atoms with Gasteiger partial charge in [0.1, 0.15) is 18.1 Å². The molecule has 1 unspecified atom stereocenters. The molecule has 0 bridgehead atoms. The third-order valence-electron chi connectivity index (χ3n) is 3.59. The summed E-state index contributed by atoms with van der Waals surface area (Å²) in [5.41, 5.74) is 0.978. The molecular formula is C19H21Cl2NO3. The second-order valence-corrected chi connectivity index (χ2v) is 6.52. The summed E-state index contributed by atoms with van der Waals surface area (Å²) in [6.07, 6.45) is 0.986. The summed E-state index contributed by atoms with van der Waals surface area (Å²) in [6, 6.07) is 12.6. The van der Waals surface area contributed by atoms with Gasteiger partial charge in [-0.2, -0.15) is 0 Å². The van der Waals surface area contributed by atoms with E-state index >= 15 is 0 Å². The van der Waals surface area contributed by atoms with Crippen molar-refractivity contribution >= 4 is 29.1 Å². The largest absolute Gasteiger partial charge is 0.497 e. The van der Waals surface area contributed by atoms with Gasteiger partial charge in [0.25, 0.3) is 0 Å². The molecule has 1 atom stereocenters. The maximum Gasteiger partial charge on any atom is 0.220 e. The van der Waals surface area contributed by atoms with Crippen LogP contribution in [0.2, 0.25) is 10.0 Å². The van der Waals surface area contributed by atoms with Gasteiger partial charge in [0, 0.05) is 6.42 Å². The van der Waals surface area contributed by atoms with Gasteiger partial charge < -0.3 is 14.8 Å². The number of nitrogens with one attached hydrogen (secondary N) is 1. The van der Waals surface area contributed by atoms with Crippen LogP contribution in [0, 0.1) is 0 Å². The first-order chi connectivity index (χ1) is 12.0. The monoisotopic (exact) mass is 381 g/mol. The number of halogens is 2. The van der Waals surface area contributed by atoms with E-state index in [1.54, 1.807) is 19.2 Å². The Morgan fingerprint density at radius 1 is 1.08 bits per heavy atom. The Hall–Kier alpha value is -1.91. The third-order valence-corrected chi connectivity index (χ3v) is 4.33. The Balaban J connectivity index is 1.72. The van der Waals surface area contributed by atoms with Gasteiger partial charge in [-0.25, -0.2) is 0 Å². The van der Waals surface area contributed by atoms with Crippen LogP contribution in [-0.4, -0.2) is 25.7 Å². The predicted octanol–water partition coefficient (Wildman–Crippen LogP) is 4.52. The number of hydrogen-bond donors (Lipinski definition) is 1. The van der Waals surface area contributed by atoms with E-state index in [-0.39, 0.29) is 11.9 Å². The molecule has 2 aromatic carbocycles. The molecule has 134 valence electrons. The van der Waals surface area contributed by atoms with Crippen LogP contribution in [0.15, 0.2) is 42.5 Å². The molecule has 0 fully saturated rings. The van der Waals surface area contributed by atoms with E-state index < -0.39 is 0 Å². The maximum absolute atomic E-state index is 12.0. The summed E-state index contributed by atoms with van der Waals surface area (Å²) in [7, 11) is 1.62. The molecule has 0 aliphatic carbocycles. The highest BCUT2D eigenvalue weighted by Crippen LogP contribution is 2.23. The fraction of sp³-hybridized carbons (Fsp3) is 0.316. The van der Waals surface area contributed by atoms with Gasteiger partial charge in [0.05, 0.1) is 23.2 Å². The maximum atomic E-state index is 12.0. The molecule has 25 heavy (non-hydrogen) atoms. The van der Waals surface area contributed by atoms with Crippen LogP contribution in [0.1, 0.15) is 18.9 Å². The first-order valence-electron chi connectivity index (χ1n) is 7.98. The van der Waals surface area contributed by atoms with Crippen molar-refractivity contribution in [3.8, 4) is 11.5 Å². The topological polar surface area (TPSA) is 47.6 Å². The minimum absolute atomic E-state index is 0.0306. The van der Waals surface area contributed by atoms with Crippen molar-refractivity contribution in [2.75, 3.05) is 13.7 Å². The van der Waals surface area contributed by atoms with Gasteiger partial charge in [-0.3, -0.25) is 4.79 Å². The number of ether oxygens (including phenoxy) is 2. The van der Waals surface area contributed by atoms with Gasteiger partial charge in [0.2, 0.25) is 5.91 Å². The molecule has 1 amide bonds. The number of aryl methyl sites for hydroxylation is 1. The number of methoxy groups -OCH3 is 1. The Bertz CT molecular complexity index is 704. The number of carbonyl (C=O) groups excluding carboxylic acids is 1. The molecule has 2 aromatic rings. The molecule has 0 aromatic heterocycles. The standard InChI is InChI=1S/C19H21Cl2NO3/c1-13(12-25-16-7-5-15(24-2)6-8-16)22-19(23)10-4-14-3-9-17(20)18(21)11-14/h3,5-9,11,13H,4,10,12H2,1-2H3,(H,22,23). The minimum Gasteiger partial charge on any atom is -0.497 e. The zero-order chi connectivity index (χ0) is 18.2. The smallest absolute Gasteiger partial charge is 0.220 e. The first-order valence-corrected chi connectivity index (χ1v) is 8.73. The minimum atomic E-state index is -0.0941. The average molecular weight is 382 g/mol. The number of carbonyl (C=O) groups is 1. The summed E-state index contributed by atoms with van der Waals surface area (Å²) < 4.78 is 10.8. The Morgan fingerprint density at radius 3 is 2.40 bits per heavy atom. The molecule has 0 aliphatic heterocycles. The molecule has 0 radical (unpaired) electrons. The van der Waals surface area contributed by atoms with Crippen molar-refractivity contribution < 1.29 is 14.3 Å². The number of benzene rings is 2. The van der Waals surface area contributed by atoms with Gasteiger partial charge in [0.15, 0.2) is 0 Å². The lowest BCUT2D eigenvalue weighted by Gasteiger charge is -2.15. The van der Waals surface area contributed by atoms with E-state index in [4.69, 9.17) is 32.7 Å². The zero-order valence-electron chi connectivity index (χ0n) is 14.2. The second-order valence-electron chi connectivity index (χ2n) is 5.70. The molecule has 0 heterocycles. The molecule has 0 saturated carbocycles. The highest BCUT2D eigenvalue weighted by atomic mass is 35.5. The predicted molar refractivity (Wildman–Crippen MR) is 101 cm³/mol. The van der Waals surface area contributed by atoms with Crippen LogP contribution in [0.4, 0.5) is 0 Å². The van der Waals surface area contributed by atoms with Crippen molar-refractivity contribution in [1.29, 1.82) is 0 Å². The highest BCUT2D eigenvalue weighted by Gasteiger charge is 2.09. The first kappa shape index (κ1) is 19.4. The quantitative estimate of drug-likeness (QED) is 0.730. The van der Waals surface area contributed by atoms with Crippen molar-refractivity contribution in [2.24, 2.45) is 0 Å². The molecule has 1 N–H and O–H groups in total. The number of rotatable bonds is 8. The van der Waals surface area contributed by atoms with Crippen molar-refractivity contribution in [3.05, 3.63) is 58.1 Å². The summed E-state index contributed by atoms with van der Waals surface area (Å²) in [6.45, 7) is 2.30. The Morgan fingerprint density at radius 2 is 1.76 bits per heavy atom. The van der Waals surface area contributed by atoms with Crippen molar-refractivity contribution in [3.63, 3.8) is 0 Å². The molecule has 0 aliphatic rings. The van der Waals surface area contributed by atoms with E-state index in [0.717, 1.165) is 17.1 Å². The van der Waals surface area contributed by atoms with E-state index in [1.165, 1.54) is 0 Å². The molecule has 6 heteroatoms. The SMILES string of the molecule is COc1ccc(OCC(C)NC(=O)CCc2ccc(Cl)c(Cl)c2)cc1. The van der Waals surface area contributed by atoms with Crippen molar-refractivity contribution in [2.45, 2.75) is 25.8 Å². The van der Waals surface area contributed by atoms with E-state index in [0.29, 0.717) is 29.5 Å². The van der Waals surface area contributed by atoms with Crippen LogP contribution in [0.25, 0.3) is 0 Å². The van der Waals surface area contributed by atoms with E-state index in [9.17, 15) is 4.79 Å². The van der Waals surface area contributed by atoms with Gasteiger partial charge in [-0.1, -0.05) is 29.3 Å². The van der Waals surface area contributed by atoms with Crippen LogP contribution in [-0.2, 0) is 11.2 Å². The lowest BCUT2D eigenvalue weighted by Crippen LogP contribution is -2.36. The van der Waals surface area contributed by atoms with Crippen LogP contribution >= 0.6 is 23.2 Å². The number of amides is 1. The average Bonchev–Trinajstić information content (AvgIpc) is 2.61. The highest BCUT2D eigenvalue weighted by molar-refractivity contribution is 6.42. The van der Waals surface area contributed by atoms with Gasteiger partial charge in [-0.15, -0.1) is 0 Å². The van der Waals surface area contributed by atoms with Crippen LogP contribution < -0.4 is 14.8 Å². The van der Waals surface area contributed by atoms with E-state index in [2.05, 4.69) is 5.32 Å². The van der Waals surface area contributed by atoms with Crippen LogP contribution in [0.5, 0.6) is 11.5 Å². The summed E-state index contributed by atoms with van der Waals surface area (Å²) in [4.78, 5) is 12.0. The normalized spacial score (nSPS) is 11.7.